The van der Waals surface area contributed by atoms with Gasteiger partial charge in [-0.2, -0.15) is 0 Å². The lowest BCUT2D eigenvalue weighted by Gasteiger charge is -2.00. The number of allylic oxidation sites excluding steroid dienone is 2. The van der Waals surface area contributed by atoms with E-state index < -0.39 is 0 Å². The summed E-state index contributed by atoms with van der Waals surface area (Å²) in [4.78, 5) is 0. The molecule has 0 unspecified atom stereocenters. The van der Waals surface area contributed by atoms with Crippen molar-refractivity contribution in [3.63, 3.8) is 0 Å². The normalized spacial score (nSPS) is 10.7. The molecule has 0 N–H and O–H groups in total. The Labute approximate surface area is 109 Å². The van der Waals surface area contributed by atoms with Crippen LogP contribution in [-0.4, -0.2) is 0 Å². The predicted octanol–water partition coefficient (Wildman–Crippen LogP) is 4.45. The van der Waals surface area contributed by atoms with Gasteiger partial charge in [0.1, 0.15) is 0 Å². The average Bonchev–Trinajstić information content (AvgIpc) is 2.42. The maximum Gasteiger partial charge on any atom is 0.0278 e. The molecule has 0 aromatic heterocycles. The van der Waals surface area contributed by atoms with E-state index in [1.165, 1.54) is 11.1 Å². The number of aryl methyl sites for hydroxylation is 1. The summed E-state index contributed by atoms with van der Waals surface area (Å²) in [5.41, 5.74) is 4.56. The quantitative estimate of drug-likeness (QED) is 0.637. The highest BCUT2D eigenvalue weighted by Gasteiger charge is 1.96. The molecule has 0 spiro atoms. The molecular weight excluding hydrogens is 216 g/mol. The van der Waals surface area contributed by atoms with Gasteiger partial charge >= 0.3 is 0 Å². The van der Waals surface area contributed by atoms with Gasteiger partial charge in [0.2, 0.25) is 0 Å². The molecule has 0 amide bonds. The summed E-state index contributed by atoms with van der Waals surface area (Å²) < 4.78 is 0. The summed E-state index contributed by atoms with van der Waals surface area (Å²) in [6.45, 7) is 4.11. The third-order valence-corrected chi connectivity index (χ3v) is 2.77. The van der Waals surface area contributed by atoms with Gasteiger partial charge < -0.3 is 0 Å². The molecule has 0 aliphatic carbocycles. The van der Waals surface area contributed by atoms with Crippen molar-refractivity contribution in [3.8, 4) is 11.8 Å². The molecule has 18 heavy (non-hydrogen) atoms. The molecule has 0 aliphatic rings. The first-order chi connectivity index (χ1) is 8.79. The van der Waals surface area contributed by atoms with Gasteiger partial charge in [-0.15, -0.1) is 0 Å². The maximum atomic E-state index is 3.23. The molecule has 0 heterocycles. The van der Waals surface area contributed by atoms with Crippen molar-refractivity contribution in [3.05, 3.63) is 77.4 Å². The first-order valence-electron chi connectivity index (χ1n) is 6.10. The summed E-state index contributed by atoms with van der Waals surface area (Å²) >= 11 is 0. The Morgan fingerprint density at radius 3 is 2.22 bits per heavy atom. The van der Waals surface area contributed by atoms with Gasteiger partial charge in [0, 0.05) is 11.1 Å². The van der Waals surface area contributed by atoms with Crippen molar-refractivity contribution in [1.82, 2.24) is 0 Å². The first-order valence-corrected chi connectivity index (χ1v) is 6.10. The standard InChI is InChI=1S/C18H16/c1-3-17(18-12-9-15(2)10-13-18)14-11-16-7-5-4-6-8-16/h3-10,12-13H,1-2H3/b17-3-. The van der Waals surface area contributed by atoms with Crippen molar-refractivity contribution < 1.29 is 0 Å². The van der Waals surface area contributed by atoms with E-state index in [0.29, 0.717) is 0 Å². The van der Waals surface area contributed by atoms with E-state index in [4.69, 9.17) is 0 Å². The molecule has 0 radical (unpaired) electrons. The van der Waals surface area contributed by atoms with Gasteiger partial charge in [-0.3, -0.25) is 0 Å². The zero-order valence-electron chi connectivity index (χ0n) is 10.8. The van der Waals surface area contributed by atoms with E-state index >= 15 is 0 Å². The van der Waals surface area contributed by atoms with Crippen LogP contribution in [0.2, 0.25) is 0 Å². The van der Waals surface area contributed by atoms with Crippen molar-refractivity contribution in [2.45, 2.75) is 13.8 Å². The summed E-state index contributed by atoms with van der Waals surface area (Å²) in [6, 6.07) is 18.5. The highest BCUT2D eigenvalue weighted by Crippen LogP contribution is 2.14. The number of hydrogen-bond acceptors (Lipinski definition) is 0. The second kappa shape index (κ2) is 5.89. The Kier molecular flexibility index (Phi) is 3.99. The van der Waals surface area contributed by atoms with Crippen LogP contribution in [-0.2, 0) is 0 Å². The minimum Gasteiger partial charge on any atom is -0.0713 e. The van der Waals surface area contributed by atoms with Crippen LogP contribution in [0.4, 0.5) is 0 Å². The molecule has 2 aromatic rings. The molecule has 2 rings (SSSR count). The summed E-state index contributed by atoms with van der Waals surface area (Å²) in [5, 5.41) is 0. The fourth-order valence-corrected chi connectivity index (χ4v) is 1.71. The molecule has 0 aliphatic heterocycles. The fourth-order valence-electron chi connectivity index (χ4n) is 1.71. The average molecular weight is 232 g/mol. The zero-order chi connectivity index (χ0) is 12.8. The summed E-state index contributed by atoms with van der Waals surface area (Å²) in [6.07, 6.45) is 2.06. The van der Waals surface area contributed by atoms with Crippen molar-refractivity contribution in [2.75, 3.05) is 0 Å². The molecule has 0 bridgehead atoms. The van der Waals surface area contributed by atoms with Gasteiger partial charge in [0.15, 0.2) is 0 Å². The van der Waals surface area contributed by atoms with Crippen LogP contribution >= 0.6 is 0 Å². The molecule has 0 atom stereocenters. The molecule has 0 nitrogen and oxygen atoms in total. The molecule has 0 saturated carbocycles. The van der Waals surface area contributed by atoms with Crippen molar-refractivity contribution in [1.29, 1.82) is 0 Å². The Hall–Kier alpha value is -2.26. The van der Waals surface area contributed by atoms with Gasteiger partial charge in [-0.25, -0.2) is 0 Å². The van der Waals surface area contributed by atoms with Crippen LogP contribution in [0, 0.1) is 18.8 Å². The molecule has 0 heteroatoms. The third-order valence-electron chi connectivity index (χ3n) is 2.77. The zero-order valence-corrected chi connectivity index (χ0v) is 10.8. The topological polar surface area (TPSA) is 0 Å². The second-order valence-corrected chi connectivity index (χ2v) is 4.18. The van der Waals surface area contributed by atoms with Crippen LogP contribution in [0.3, 0.4) is 0 Å². The SMILES string of the molecule is C/C=C(/C#Cc1ccccc1)c1ccc(C)cc1. The van der Waals surface area contributed by atoms with Crippen LogP contribution in [0.5, 0.6) is 0 Å². The summed E-state index contributed by atoms with van der Waals surface area (Å²) in [7, 11) is 0. The van der Waals surface area contributed by atoms with Crippen molar-refractivity contribution in [2.24, 2.45) is 0 Å². The number of hydrogen-bond donors (Lipinski definition) is 0. The lowest BCUT2D eigenvalue weighted by molar-refractivity contribution is 1.45. The Balaban J connectivity index is 2.27. The van der Waals surface area contributed by atoms with E-state index in [1.807, 2.05) is 37.3 Å². The molecular formula is C18H16. The first kappa shape index (κ1) is 12.2. The highest BCUT2D eigenvalue weighted by atomic mass is 14.0. The van der Waals surface area contributed by atoms with Crippen LogP contribution in [0.1, 0.15) is 23.6 Å². The highest BCUT2D eigenvalue weighted by molar-refractivity contribution is 5.79. The minimum atomic E-state index is 1.05. The van der Waals surface area contributed by atoms with Gasteiger partial charge in [-0.1, -0.05) is 65.9 Å². The Morgan fingerprint density at radius 2 is 1.61 bits per heavy atom. The fraction of sp³-hybridized carbons (Fsp3) is 0.111. The van der Waals surface area contributed by atoms with Gasteiger partial charge in [-0.05, 0) is 31.5 Å². The minimum absolute atomic E-state index is 1.05. The Bertz CT molecular complexity index is 590. The van der Waals surface area contributed by atoms with Crippen LogP contribution in [0.15, 0.2) is 60.7 Å². The van der Waals surface area contributed by atoms with E-state index in [9.17, 15) is 0 Å². The molecule has 88 valence electrons. The maximum absolute atomic E-state index is 3.23. The smallest absolute Gasteiger partial charge is 0.0278 e. The van der Waals surface area contributed by atoms with Gasteiger partial charge in [0.25, 0.3) is 0 Å². The summed E-state index contributed by atoms with van der Waals surface area (Å²) in [5.74, 6) is 6.42. The van der Waals surface area contributed by atoms with E-state index in [-0.39, 0.29) is 0 Å². The molecule has 0 fully saturated rings. The number of benzene rings is 2. The van der Waals surface area contributed by atoms with E-state index in [2.05, 4.69) is 49.1 Å². The Morgan fingerprint density at radius 1 is 0.944 bits per heavy atom. The monoisotopic (exact) mass is 232 g/mol. The largest absolute Gasteiger partial charge is 0.0713 e. The second-order valence-electron chi connectivity index (χ2n) is 4.18. The lowest BCUT2D eigenvalue weighted by Crippen LogP contribution is -1.82. The van der Waals surface area contributed by atoms with Crippen LogP contribution in [0.25, 0.3) is 5.57 Å². The third kappa shape index (κ3) is 3.12. The van der Waals surface area contributed by atoms with E-state index in [1.54, 1.807) is 0 Å². The number of rotatable bonds is 1. The van der Waals surface area contributed by atoms with Crippen LogP contribution < -0.4 is 0 Å². The van der Waals surface area contributed by atoms with Crippen molar-refractivity contribution >= 4 is 5.57 Å². The molecule has 0 saturated heterocycles. The van der Waals surface area contributed by atoms with Gasteiger partial charge in [0.05, 0.1) is 0 Å². The molecule has 2 aromatic carbocycles. The predicted molar refractivity (Wildman–Crippen MR) is 78.2 cm³/mol. The van der Waals surface area contributed by atoms with E-state index in [0.717, 1.165) is 11.1 Å². The lowest BCUT2D eigenvalue weighted by atomic mass is 10.0.